The van der Waals surface area contributed by atoms with Gasteiger partial charge in [0.1, 0.15) is 5.01 Å². The Morgan fingerprint density at radius 1 is 1.47 bits per heavy atom. The quantitative estimate of drug-likeness (QED) is 0.900. The lowest BCUT2D eigenvalue weighted by Gasteiger charge is -2.21. The average Bonchev–Trinajstić information content (AvgIpc) is 2.97. The van der Waals surface area contributed by atoms with Crippen molar-refractivity contribution in [1.82, 2.24) is 15.2 Å². The predicted octanol–water partition coefficient (Wildman–Crippen LogP) is 2.09. The Bertz CT molecular complexity index is 469. The third-order valence-corrected chi connectivity index (χ3v) is 4.40. The Morgan fingerprint density at radius 3 is 3.12 bits per heavy atom. The van der Waals surface area contributed by atoms with E-state index < -0.39 is 0 Å². The molecule has 1 aromatic heterocycles. The Balaban J connectivity index is 1.75. The second kappa shape index (κ2) is 4.72. The van der Waals surface area contributed by atoms with Gasteiger partial charge in [-0.3, -0.25) is 4.90 Å². The molecule has 1 fully saturated rings. The number of para-hydroxylation sites is 1. The van der Waals surface area contributed by atoms with Crippen molar-refractivity contribution in [2.45, 2.75) is 19.0 Å². The van der Waals surface area contributed by atoms with E-state index in [1.807, 2.05) is 11.3 Å². The molecule has 0 saturated carbocycles. The van der Waals surface area contributed by atoms with Crippen LogP contribution in [0.4, 0.5) is 0 Å². The molecule has 2 aromatic rings. The highest BCUT2D eigenvalue weighted by Gasteiger charge is 2.19. The van der Waals surface area contributed by atoms with Gasteiger partial charge in [-0.1, -0.05) is 12.1 Å². The second-order valence-corrected chi connectivity index (χ2v) is 5.75. The lowest BCUT2D eigenvalue weighted by molar-refractivity contribution is 0.249. The van der Waals surface area contributed by atoms with Gasteiger partial charge in [-0.2, -0.15) is 0 Å². The number of fused-ring (bicyclic) bond motifs is 1. The van der Waals surface area contributed by atoms with E-state index in [1.165, 1.54) is 16.1 Å². The van der Waals surface area contributed by atoms with Gasteiger partial charge in [0, 0.05) is 12.6 Å². The molecule has 2 heterocycles. The van der Waals surface area contributed by atoms with Gasteiger partial charge in [-0.25, -0.2) is 4.98 Å². The zero-order valence-corrected chi connectivity index (χ0v) is 10.8. The monoisotopic (exact) mass is 247 g/mol. The Morgan fingerprint density at radius 2 is 2.35 bits per heavy atom. The fraction of sp³-hybridized carbons (Fsp3) is 0.462. The standard InChI is InChI=1S/C13H17N3S/c1-16(10-6-7-14-8-10)9-13-15-11-4-2-3-5-12(11)17-13/h2-5,10,14H,6-9H2,1H3. The van der Waals surface area contributed by atoms with Gasteiger partial charge < -0.3 is 5.32 Å². The predicted molar refractivity (Wildman–Crippen MR) is 72.4 cm³/mol. The number of benzene rings is 1. The molecule has 1 saturated heterocycles. The maximum atomic E-state index is 4.68. The molecule has 1 N–H and O–H groups in total. The van der Waals surface area contributed by atoms with Crippen molar-refractivity contribution < 1.29 is 0 Å². The van der Waals surface area contributed by atoms with E-state index in [2.05, 4.69) is 46.5 Å². The Labute approximate surface area is 105 Å². The smallest absolute Gasteiger partial charge is 0.108 e. The maximum absolute atomic E-state index is 4.68. The number of thiazole rings is 1. The summed E-state index contributed by atoms with van der Waals surface area (Å²) >= 11 is 1.81. The van der Waals surface area contributed by atoms with E-state index in [1.54, 1.807) is 0 Å². The first-order valence-corrected chi connectivity index (χ1v) is 6.90. The van der Waals surface area contributed by atoms with Crippen LogP contribution < -0.4 is 5.32 Å². The van der Waals surface area contributed by atoms with Crippen LogP contribution in [0.2, 0.25) is 0 Å². The summed E-state index contributed by atoms with van der Waals surface area (Å²) in [6.07, 6.45) is 1.25. The molecule has 3 nitrogen and oxygen atoms in total. The molecule has 1 aromatic carbocycles. The molecule has 17 heavy (non-hydrogen) atoms. The Hall–Kier alpha value is -0.970. The fourth-order valence-electron chi connectivity index (χ4n) is 2.35. The summed E-state index contributed by atoms with van der Waals surface area (Å²) < 4.78 is 1.29. The van der Waals surface area contributed by atoms with Crippen LogP contribution in [0.1, 0.15) is 11.4 Å². The molecule has 0 aliphatic carbocycles. The van der Waals surface area contributed by atoms with Crippen molar-refractivity contribution in [2.75, 3.05) is 20.1 Å². The molecule has 0 bridgehead atoms. The van der Waals surface area contributed by atoms with Crippen molar-refractivity contribution in [1.29, 1.82) is 0 Å². The van der Waals surface area contributed by atoms with Crippen molar-refractivity contribution >= 4 is 21.6 Å². The minimum Gasteiger partial charge on any atom is -0.315 e. The summed E-state index contributed by atoms with van der Waals surface area (Å²) in [5.41, 5.74) is 1.13. The van der Waals surface area contributed by atoms with Gasteiger partial charge in [0.15, 0.2) is 0 Å². The van der Waals surface area contributed by atoms with Crippen molar-refractivity contribution in [3.8, 4) is 0 Å². The SMILES string of the molecule is CN(Cc1nc2ccccc2s1)C1CCNC1. The zero-order valence-electron chi connectivity index (χ0n) is 10.0. The molecule has 1 aliphatic rings. The van der Waals surface area contributed by atoms with Crippen LogP contribution in [0.25, 0.3) is 10.2 Å². The normalized spacial score (nSPS) is 20.5. The van der Waals surface area contributed by atoms with E-state index in [0.717, 1.165) is 25.2 Å². The third-order valence-electron chi connectivity index (χ3n) is 3.38. The molecule has 4 heteroatoms. The molecule has 1 unspecified atom stereocenters. The van der Waals surface area contributed by atoms with E-state index in [0.29, 0.717) is 6.04 Å². The summed E-state index contributed by atoms with van der Waals surface area (Å²) in [5, 5.41) is 4.63. The molecule has 1 aliphatic heterocycles. The molecule has 0 amide bonds. The van der Waals surface area contributed by atoms with Gasteiger partial charge >= 0.3 is 0 Å². The van der Waals surface area contributed by atoms with E-state index in [-0.39, 0.29) is 0 Å². The first-order chi connectivity index (χ1) is 8.33. The molecule has 90 valence electrons. The minimum absolute atomic E-state index is 0.669. The Kier molecular flexibility index (Phi) is 3.09. The second-order valence-electron chi connectivity index (χ2n) is 4.64. The van der Waals surface area contributed by atoms with Crippen LogP contribution in [0.15, 0.2) is 24.3 Å². The summed E-state index contributed by atoms with van der Waals surface area (Å²) in [4.78, 5) is 7.09. The summed E-state index contributed by atoms with van der Waals surface area (Å²) in [6.45, 7) is 3.22. The van der Waals surface area contributed by atoms with Gasteiger partial charge in [0.25, 0.3) is 0 Å². The number of likely N-dealkylation sites (N-methyl/N-ethyl adjacent to an activating group) is 1. The van der Waals surface area contributed by atoms with Crippen LogP contribution in [-0.4, -0.2) is 36.1 Å². The molecule has 3 rings (SSSR count). The highest BCUT2D eigenvalue weighted by Crippen LogP contribution is 2.23. The summed E-state index contributed by atoms with van der Waals surface area (Å²) in [5.74, 6) is 0. The lowest BCUT2D eigenvalue weighted by atomic mass is 10.2. The van der Waals surface area contributed by atoms with Crippen molar-refractivity contribution in [3.63, 3.8) is 0 Å². The molecular weight excluding hydrogens is 230 g/mol. The first kappa shape index (κ1) is 11.1. The maximum Gasteiger partial charge on any atom is 0.108 e. The fourth-order valence-corrected chi connectivity index (χ4v) is 3.38. The summed E-state index contributed by atoms with van der Waals surface area (Å²) in [6, 6.07) is 9.04. The minimum atomic E-state index is 0.669. The van der Waals surface area contributed by atoms with Gasteiger partial charge in [-0.15, -0.1) is 11.3 Å². The number of rotatable bonds is 3. The van der Waals surface area contributed by atoms with Crippen LogP contribution in [0.5, 0.6) is 0 Å². The van der Waals surface area contributed by atoms with Crippen LogP contribution in [0.3, 0.4) is 0 Å². The first-order valence-electron chi connectivity index (χ1n) is 6.08. The van der Waals surface area contributed by atoms with Crippen LogP contribution in [-0.2, 0) is 6.54 Å². The molecular formula is C13H17N3S. The van der Waals surface area contributed by atoms with E-state index in [9.17, 15) is 0 Å². The number of hydrogen-bond acceptors (Lipinski definition) is 4. The third kappa shape index (κ3) is 2.34. The molecule has 0 spiro atoms. The summed E-state index contributed by atoms with van der Waals surface area (Å²) in [7, 11) is 2.20. The van der Waals surface area contributed by atoms with Gasteiger partial charge in [0.2, 0.25) is 0 Å². The molecule has 0 radical (unpaired) electrons. The number of nitrogens with zero attached hydrogens (tertiary/aromatic N) is 2. The number of aromatic nitrogens is 1. The molecule has 1 atom stereocenters. The lowest BCUT2D eigenvalue weighted by Crippen LogP contribution is -2.32. The highest BCUT2D eigenvalue weighted by atomic mass is 32.1. The topological polar surface area (TPSA) is 28.2 Å². The average molecular weight is 247 g/mol. The zero-order chi connectivity index (χ0) is 11.7. The van der Waals surface area contributed by atoms with Crippen LogP contribution in [0, 0.1) is 0 Å². The number of nitrogens with one attached hydrogen (secondary N) is 1. The highest BCUT2D eigenvalue weighted by molar-refractivity contribution is 7.18. The van der Waals surface area contributed by atoms with Gasteiger partial charge in [0.05, 0.1) is 16.8 Å². The number of hydrogen-bond donors (Lipinski definition) is 1. The van der Waals surface area contributed by atoms with Gasteiger partial charge in [-0.05, 0) is 32.1 Å². The van der Waals surface area contributed by atoms with Crippen LogP contribution >= 0.6 is 11.3 Å². The van der Waals surface area contributed by atoms with E-state index in [4.69, 9.17) is 0 Å². The largest absolute Gasteiger partial charge is 0.315 e. The van der Waals surface area contributed by atoms with Crippen molar-refractivity contribution in [3.05, 3.63) is 29.3 Å². The van der Waals surface area contributed by atoms with E-state index >= 15 is 0 Å². The van der Waals surface area contributed by atoms with Crippen molar-refractivity contribution in [2.24, 2.45) is 0 Å².